The van der Waals surface area contributed by atoms with Crippen LogP contribution in [-0.2, 0) is 0 Å². The maximum absolute atomic E-state index is 10.5. The van der Waals surface area contributed by atoms with Gasteiger partial charge >= 0.3 is 11.6 Å². The van der Waals surface area contributed by atoms with Crippen LogP contribution in [0.5, 0.6) is 0 Å². The van der Waals surface area contributed by atoms with Crippen LogP contribution in [0.2, 0.25) is 10.0 Å². The van der Waals surface area contributed by atoms with E-state index in [2.05, 4.69) is 38.5 Å². The van der Waals surface area contributed by atoms with Crippen molar-refractivity contribution < 1.29 is 9.85 Å². The van der Waals surface area contributed by atoms with E-state index in [0.29, 0.717) is 0 Å². The summed E-state index contributed by atoms with van der Waals surface area (Å²) in [6.45, 7) is 3.89. The Morgan fingerprint density at radius 3 is 1.73 bits per heavy atom. The maximum atomic E-state index is 10.5. The van der Waals surface area contributed by atoms with Gasteiger partial charge in [-0.1, -0.05) is 35.0 Å². The fourth-order valence-electron chi connectivity index (χ4n) is 2.46. The molecular formula is C24H19BrCl2N4O4S2. The number of nitro groups is 2. The summed E-state index contributed by atoms with van der Waals surface area (Å²) in [6, 6.07) is 17.3. The molecule has 13 heteroatoms. The van der Waals surface area contributed by atoms with Crippen molar-refractivity contribution in [3.05, 3.63) is 119 Å². The highest BCUT2D eigenvalue weighted by Gasteiger charge is 2.08. The number of aryl methyl sites for hydroxylation is 2. The molecular weight excluding hydrogens is 623 g/mol. The summed E-state index contributed by atoms with van der Waals surface area (Å²) in [5, 5.41) is 22.0. The Morgan fingerprint density at radius 1 is 0.784 bits per heavy atom. The SMILES string of the molecule is Cc1cc(S)ccc1Cl.Cc1cc(Sc2ccc([N+](=O)[O-])nc2)ccc1Cl.O=[N+]([O-])c1ccc(Br)cn1. The second kappa shape index (κ2) is 14.9. The molecule has 0 unspecified atom stereocenters. The van der Waals surface area contributed by atoms with Gasteiger partial charge in [0.1, 0.15) is 0 Å². The number of thiol groups is 1. The topological polar surface area (TPSA) is 112 Å². The molecule has 0 radical (unpaired) electrons. The van der Waals surface area contributed by atoms with Crippen LogP contribution in [0.3, 0.4) is 0 Å². The number of hydrogen-bond acceptors (Lipinski definition) is 8. The van der Waals surface area contributed by atoms with Crippen LogP contribution in [-0.4, -0.2) is 19.8 Å². The fourth-order valence-corrected chi connectivity index (χ4v) is 4.09. The quantitative estimate of drug-likeness (QED) is 0.135. The van der Waals surface area contributed by atoms with E-state index in [0.717, 1.165) is 40.3 Å². The molecule has 4 aromatic rings. The van der Waals surface area contributed by atoms with Gasteiger partial charge in [-0.25, -0.2) is 0 Å². The third-order valence-electron chi connectivity index (χ3n) is 4.31. The van der Waals surface area contributed by atoms with Crippen molar-refractivity contribution >= 4 is 75.2 Å². The van der Waals surface area contributed by atoms with Crippen molar-refractivity contribution in [2.45, 2.75) is 28.5 Å². The number of aromatic nitrogens is 2. The Balaban J connectivity index is 0.000000214. The predicted octanol–water partition coefficient (Wildman–Crippen LogP) is 8.79. The third kappa shape index (κ3) is 10.7. The van der Waals surface area contributed by atoms with Crippen LogP contribution < -0.4 is 0 Å². The van der Waals surface area contributed by atoms with Gasteiger partial charge in [0.15, 0.2) is 12.4 Å². The molecule has 0 saturated heterocycles. The number of pyridine rings is 2. The van der Waals surface area contributed by atoms with E-state index in [-0.39, 0.29) is 11.6 Å². The Morgan fingerprint density at radius 2 is 1.30 bits per heavy atom. The summed E-state index contributed by atoms with van der Waals surface area (Å²) in [5.74, 6) is -0.283. The number of hydrogen-bond donors (Lipinski definition) is 1. The summed E-state index contributed by atoms with van der Waals surface area (Å²) < 4.78 is 0.734. The van der Waals surface area contributed by atoms with Gasteiger partial charge in [0, 0.05) is 32.0 Å². The second-order valence-electron chi connectivity index (χ2n) is 7.15. The predicted molar refractivity (Wildman–Crippen MR) is 153 cm³/mol. The van der Waals surface area contributed by atoms with Crippen LogP contribution in [0, 0.1) is 34.1 Å². The number of rotatable bonds is 4. The normalized spacial score (nSPS) is 9.89. The van der Waals surface area contributed by atoms with Gasteiger partial charge < -0.3 is 20.2 Å². The van der Waals surface area contributed by atoms with Crippen molar-refractivity contribution in [1.29, 1.82) is 0 Å². The van der Waals surface area contributed by atoms with Crippen LogP contribution in [0.1, 0.15) is 11.1 Å². The minimum absolute atomic E-state index is 0.136. The molecule has 0 aliphatic heterocycles. The second-order valence-corrected chi connectivity index (χ2v) is 10.5. The molecule has 0 spiro atoms. The molecule has 2 aromatic heterocycles. The average molecular weight is 642 g/mol. The lowest BCUT2D eigenvalue weighted by Crippen LogP contribution is -1.90. The zero-order valence-electron chi connectivity index (χ0n) is 19.3. The van der Waals surface area contributed by atoms with Crippen molar-refractivity contribution in [3.8, 4) is 0 Å². The van der Waals surface area contributed by atoms with Gasteiger partial charge in [0.05, 0.1) is 9.37 Å². The molecule has 2 heterocycles. The number of benzene rings is 2. The fraction of sp³-hybridized carbons (Fsp3) is 0.0833. The van der Waals surface area contributed by atoms with Gasteiger partial charge in [0.25, 0.3) is 0 Å². The smallest absolute Gasteiger partial charge is 0.358 e. The zero-order valence-corrected chi connectivity index (χ0v) is 24.1. The lowest BCUT2D eigenvalue weighted by molar-refractivity contribution is -0.389. The number of halogens is 3. The molecule has 4 rings (SSSR count). The third-order valence-corrected chi connectivity index (χ3v) is 6.88. The van der Waals surface area contributed by atoms with Gasteiger partial charge in [-0.15, -0.1) is 12.6 Å². The van der Waals surface area contributed by atoms with Crippen molar-refractivity contribution in [3.63, 3.8) is 0 Å². The molecule has 0 amide bonds. The van der Waals surface area contributed by atoms with Gasteiger partial charge in [-0.05, 0) is 109 Å². The largest absolute Gasteiger partial charge is 0.363 e. The van der Waals surface area contributed by atoms with E-state index in [1.165, 1.54) is 36.3 Å². The van der Waals surface area contributed by atoms with Crippen molar-refractivity contribution in [2.24, 2.45) is 0 Å². The molecule has 192 valence electrons. The lowest BCUT2D eigenvalue weighted by atomic mass is 10.2. The Labute approximate surface area is 241 Å². The molecule has 0 fully saturated rings. The minimum Gasteiger partial charge on any atom is -0.358 e. The molecule has 0 N–H and O–H groups in total. The highest BCUT2D eigenvalue weighted by atomic mass is 79.9. The van der Waals surface area contributed by atoms with Crippen LogP contribution >= 0.6 is 63.5 Å². The minimum atomic E-state index is -0.535. The van der Waals surface area contributed by atoms with Gasteiger partial charge in [-0.3, -0.25) is 0 Å². The van der Waals surface area contributed by atoms with Crippen LogP contribution in [0.15, 0.2) is 92.2 Å². The summed E-state index contributed by atoms with van der Waals surface area (Å²) in [7, 11) is 0. The molecule has 0 aliphatic rings. The Kier molecular flexibility index (Phi) is 12.3. The van der Waals surface area contributed by atoms with Crippen molar-refractivity contribution in [1.82, 2.24) is 9.97 Å². The highest BCUT2D eigenvalue weighted by molar-refractivity contribution is 9.10. The summed E-state index contributed by atoms with van der Waals surface area (Å²) >= 11 is 20.4. The van der Waals surface area contributed by atoms with Crippen molar-refractivity contribution in [2.75, 3.05) is 0 Å². The first-order valence-corrected chi connectivity index (χ1v) is 13.0. The van der Waals surface area contributed by atoms with Gasteiger partial charge in [-0.2, -0.15) is 0 Å². The first-order chi connectivity index (χ1) is 17.5. The van der Waals surface area contributed by atoms with Gasteiger partial charge in [0.2, 0.25) is 0 Å². The number of nitrogens with zero attached hydrogens (tertiary/aromatic N) is 4. The van der Waals surface area contributed by atoms with E-state index in [9.17, 15) is 20.2 Å². The first-order valence-electron chi connectivity index (χ1n) is 10.2. The molecule has 0 aliphatic carbocycles. The van der Waals surface area contributed by atoms with E-state index in [1.54, 1.807) is 12.1 Å². The summed E-state index contributed by atoms with van der Waals surface area (Å²) in [4.78, 5) is 29.6. The Hall–Kier alpha value is -2.70. The monoisotopic (exact) mass is 640 g/mol. The first kappa shape index (κ1) is 30.5. The molecule has 37 heavy (non-hydrogen) atoms. The summed E-state index contributed by atoms with van der Waals surface area (Å²) in [6.07, 6.45) is 2.88. The van der Waals surface area contributed by atoms with Crippen LogP contribution in [0.4, 0.5) is 11.6 Å². The lowest BCUT2D eigenvalue weighted by Gasteiger charge is -2.02. The molecule has 0 bridgehead atoms. The van der Waals surface area contributed by atoms with E-state index in [1.807, 2.05) is 50.2 Å². The van der Waals surface area contributed by atoms with E-state index >= 15 is 0 Å². The Bertz CT molecular complexity index is 1380. The highest BCUT2D eigenvalue weighted by Crippen LogP contribution is 2.30. The van der Waals surface area contributed by atoms with E-state index < -0.39 is 9.85 Å². The van der Waals surface area contributed by atoms with E-state index in [4.69, 9.17) is 23.2 Å². The maximum Gasteiger partial charge on any atom is 0.363 e. The zero-order chi connectivity index (χ0) is 27.5. The molecule has 2 aromatic carbocycles. The molecule has 8 nitrogen and oxygen atoms in total. The standard InChI is InChI=1S/C12H9ClN2O2S.C7H7ClS.C5H3BrN2O2/c1-8-6-9(2-4-11(8)13)18-10-3-5-12(14-7-10)15(16)17;1-5-4-6(9)2-3-7(5)8;6-4-1-2-5(7-3-4)8(9)10/h2-7H,1H3;2-4,9H,1H3;1-3H. The average Bonchev–Trinajstić information content (AvgIpc) is 2.85. The molecule has 0 saturated carbocycles. The van der Waals surface area contributed by atoms with Crippen LogP contribution in [0.25, 0.3) is 0 Å². The molecule has 0 atom stereocenters. The summed E-state index contributed by atoms with van der Waals surface area (Å²) in [5.41, 5.74) is 2.07.